The zero-order chi connectivity index (χ0) is 14.0. The molecule has 0 spiro atoms. The van der Waals surface area contributed by atoms with E-state index in [1.165, 1.54) is 0 Å². The van der Waals surface area contributed by atoms with Gasteiger partial charge in [-0.15, -0.1) is 0 Å². The second-order valence-corrected chi connectivity index (χ2v) is 6.42. The first kappa shape index (κ1) is 15.0. The number of ether oxygens (including phenoxy) is 1. The lowest BCUT2D eigenvalue weighted by Gasteiger charge is -2.31. The Morgan fingerprint density at radius 3 is 3.00 bits per heavy atom. The molecule has 0 N–H and O–H groups in total. The first-order chi connectivity index (χ1) is 9.04. The Morgan fingerprint density at radius 2 is 2.42 bits per heavy atom. The van der Waals surface area contributed by atoms with Gasteiger partial charge in [-0.05, 0) is 6.42 Å². The fourth-order valence-corrected chi connectivity index (χ4v) is 4.04. The quantitative estimate of drug-likeness (QED) is 0.324. The fourth-order valence-electron chi connectivity index (χ4n) is 2.98. The molecule has 1 saturated heterocycles. The minimum atomic E-state index is -1.02. The van der Waals surface area contributed by atoms with Gasteiger partial charge in [0, 0.05) is 25.0 Å². The van der Waals surface area contributed by atoms with Gasteiger partial charge in [0.05, 0.1) is 24.7 Å². The number of nitriles is 1. The molecule has 4 nitrogen and oxygen atoms in total. The van der Waals surface area contributed by atoms with Crippen molar-refractivity contribution in [2.45, 2.75) is 43.9 Å². The van der Waals surface area contributed by atoms with Crippen molar-refractivity contribution in [2.75, 3.05) is 13.3 Å². The normalized spacial score (nSPS) is 38.4. The maximum Gasteiger partial charge on any atom is 0.167 e. The summed E-state index contributed by atoms with van der Waals surface area (Å²) in [6.45, 7) is 8.49. The first-order valence-electron chi connectivity index (χ1n) is 6.55. The summed E-state index contributed by atoms with van der Waals surface area (Å²) < 4.78 is 17.5. The Hall–Kier alpha value is -0.395. The monoisotopic (exact) mass is 279 g/mol. The molecule has 19 heavy (non-hydrogen) atoms. The van der Waals surface area contributed by atoms with E-state index in [0.29, 0.717) is 13.0 Å². The average molecular weight is 279 g/mol. The molecule has 2 fully saturated rings. The van der Waals surface area contributed by atoms with E-state index in [2.05, 4.69) is 19.6 Å². The predicted octanol–water partition coefficient (Wildman–Crippen LogP) is 2.49. The van der Waals surface area contributed by atoms with Gasteiger partial charge >= 0.3 is 0 Å². The highest BCUT2D eigenvalue weighted by Gasteiger charge is 2.60. The van der Waals surface area contributed by atoms with Gasteiger partial charge in [-0.2, -0.15) is 5.26 Å². The zero-order valence-electron chi connectivity index (χ0n) is 11.5. The van der Waals surface area contributed by atoms with Gasteiger partial charge in [0.1, 0.15) is 14.0 Å². The highest BCUT2D eigenvalue weighted by molar-refractivity contribution is 7.46. The van der Waals surface area contributed by atoms with Crippen LogP contribution in [0.4, 0.5) is 0 Å². The summed E-state index contributed by atoms with van der Waals surface area (Å²) >= 11 is 0. The van der Waals surface area contributed by atoms with Crippen LogP contribution in [0.2, 0.25) is 0 Å². The summed E-state index contributed by atoms with van der Waals surface area (Å²) in [5.74, 6) is 0.0597. The van der Waals surface area contributed by atoms with E-state index >= 15 is 0 Å². The van der Waals surface area contributed by atoms with Crippen molar-refractivity contribution >= 4 is 16.2 Å². The highest BCUT2D eigenvalue weighted by atomic mass is 31.2. The lowest BCUT2D eigenvalue weighted by Crippen LogP contribution is -2.37. The van der Waals surface area contributed by atoms with Crippen LogP contribution in [-0.4, -0.2) is 38.8 Å². The summed E-state index contributed by atoms with van der Waals surface area (Å²) in [4.78, 5) is 0. The van der Waals surface area contributed by atoms with E-state index in [-0.39, 0.29) is 23.6 Å². The van der Waals surface area contributed by atoms with Crippen molar-refractivity contribution in [2.24, 2.45) is 5.92 Å². The van der Waals surface area contributed by atoms with Gasteiger partial charge < -0.3 is 13.8 Å². The molecule has 2 aliphatic rings. The predicted molar refractivity (Wildman–Crippen MR) is 74.8 cm³/mol. The number of rotatable bonds is 6. The lowest BCUT2D eigenvalue weighted by atomic mass is 9.83. The third-order valence-electron chi connectivity index (χ3n) is 3.91. The lowest BCUT2D eigenvalue weighted by molar-refractivity contribution is -0.0581. The molecule has 1 aliphatic carbocycles. The van der Waals surface area contributed by atoms with Crippen LogP contribution in [0, 0.1) is 17.2 Å². The van der Waals surface area contributed by atoms with Crippen molar-refractivity contribution in [3.05, 3.63) is 12.2 Å². The van der Waals surface area contributed by atoms with Crippen LogP contribution < -0.4 is 0 Å². The summed E-state index contributed by atoms with van der Waals surface area (Å²) in [7, 11) is 5.00. The van der Waals surface area contributed by atoms with Gasteiger partial charge in [-0.3, -0.25) is 0 Å². The molecule has 102 valence electrons. The molecule has 1 heterocycles. The first-order valence-corrected chi connectivity index (χ1v) is 8.18. The minimum absolute atomic E-state index is 0.0597. The molecule has 2 radical (unpaired) electrons. The summed E-state index contributed by atoms with van der Waals surface area (Å²) in [5, 5.41) is 8.49. The van der Waals surface area contributed by atoms with E-state index in [9.17, 15) is 0 Å². The van der Waals surface area contributed by atoms with Crippen LogP contribution in [-0.2, 0) is 13.8 Å². The third kappa shape index (κ3) is 2.73. The number of nitrogens with zero attached hydrogens (tertiary/aromatic N) is 1. The van der Waals surface area contributed by atoms with Crippen LogP contribution in [0.25, 0.3) is 0 Å². The van der Waals surface area contributed by atoms with Crippen LogP contribution in [0.5, 0.6) is 0 Å². The SMILES string of the molecule is [B][C@@H]1O[C@@]2(CC)CC(=C)[C@@H]1[C@@H]2OP(C)OCCC#N. The number of fused-ring (bicyclic) bond motifs is 2. The molecular weight excluding hydrogens is 260 g/mol. The Morgan fingerprint density at radius 1 is 1.68 bits per heavy atom. The molecule has 2 rings (SSSR count). The van der Waals surface area contributed by atoms with Crippen LogP contribution in [0.1, 0.15) is 26.2 Å². The van der Waals surface area contributed by atoms with Crippen molar-refractivity contribution in [3.63, 3.8) is 0 Å². The van der Waals surface area contributed by atoms with E-state index in [4.69, 9.17) is 26.9 Å². The van der Waals surface area contributed by atoms with Gasteiger partial charge in [-0.25, -0.2) is 0 Å². The second kappa shape index (κ2) is 5.93. The fraction of sp³-hybridized carbons (Fsp3) is 0.769. The Kier molecular flexibility index (Phi) is 4.68. The average Bonchev–Trinajstić information content (AvgIpc) is 2.77. The van der Waals surface area contributed by atoms with Crippen LogP contribution in [0.15, 0.2) is 12.2 Å². The molecule has 0 aromatic heterocycles. The molecule has 2 bridgehead atoms. The Bertz CT molecular complexity index is 400. The Labute approximate surface area is 117 Å². The third-order valence-corrected chi connectivity index (χ3v) is 4.98. The molecule has 6 heteroatoms. The van der Waals surface area contributed by atoms with Crippen molar-refractivity contribution in [1.29, 1.82) is 5.26 Å². The maximum atomic E-state index is 8.49. The highest BCUT2D eigenvalue weighted by Crippen LogP contribution is 2.56. The molecule has 0 aromatic carbocycles. The van der Waals surface area contributed by atoms with Gasteiger partial charge in [0.15, 0.2) is 8.38 Å². The van der Waals surface area contributed by atoms with Crippen molar-refractivity contribution < 1.29 is 13.8 Å². The summed E-state index contributed by atoms with van der Waals surface area (Å²) in [6.07, 6.45) is 1.97. The van der Waals surface area contributed by atoms with E-state index in [1.807, 2.05) is 6.66 Å². The Balaban J connectivity index is 1.99. The summed E-state index contributed by atoms with van der Waals surface area (Å²) in [5.41, 5.74) is 0.780. The van der Waals surface area contributed by atoms with Crippen molar-refractivity contribution in [3.8, 4) is 6.07 Å². The van der Waals surface area contributed by atoms with Crippen LogP contribution >= 0.6 is 8.38 Å². The molecule has 1 saturated carbocycles. The topological polar surface area (TPSA) is 51.5 Å². The van der Waals surface area contributed by atoms with Crippen LogP contribution in [0.3, 0.4) is 0 Å². The largest absolute Gasteiger partial charge is 0.378 e. The summed E-state index contributed by atoms with van der Waals surface area (Å²) in [6, 6.07) is 1.73. The minimum Gasteiger partial charge on any atom is -0.378 e. The van der Waals surface area contributed by atoms with E-state index in [0.717, 1.165) is 18.4 Å². The molecular formula is C13H19BNO3P. The number of hydrogen-bond donors (Lipinski definition) is 0. The molecule has 0 aromatic rings. The molecule has 1 unspecified atom stereocenters. The number of hydrogen-bond acceptors (Lipinski definition) is 4. The second-order valence-electron chi connectivity index (χ2n) is 5.07. The zero-order valence-corrected chi connectivity index (χ0v) is 12.4. The molecule has 0 amide bonds. The van der Waals surface area contributed by atoms with Gasteiger partial charge in [-0.1, -0.05) is 19.1 Å². The van der Waals surface area contributed by atoms with E-state index < -0.39 is 8.38 Å². The van der Waals surface area contributed by atoms with Gasteiger partial charge in [0.25, 0.3) is 0 Å². The van der Waals surface area contributed by atoms with E-state index in [1.54, 1.807) is 0 Å². The molecule has 5 atom stereocenters. The van der Waals surface area contributed by atoms with Crippen molar-refractivity contribution in [1.82, 2.24) is 0 Å². The van der Waals surface area contributed by atoms with Gasteiger partial charge in [0.2, 0.25) is 0 Å². The standard InChI is InChI=1S/C13H19BNO3P/c1-4-13-8-9(2)10(12(14)17-13)11(13)18-19(3)16-7-5-6-15/h10-12H,2,4-5,7-8H2,1,3H3/t10-,11+,12-,13+,19?/m1/s1. The molecule has 1 aliphatic heterocycles. The smallest absolute Gasteiger partial charge is 0.167 e. The maximum absolute atomic E-state index is 8.49.